The molecule has 2 heterocycles. The Hall–Kier alpha value is -3.49. The van der Waals surface area contributed by atoms with Crippen LogP contribution in [0.5, 0.6) is 5.75 Å². The zero-order valence-electron chi connectivity index (χ0n) is 24.1. The number of methoxy groups -OCH3 is 2. The minimum absolute atomic E-state index is 0.0411. The number of hydrogen-bond donors (Lipinski definition) is 0. The maximum atomic E-state index is 15.0. The van der Waals surface area contributed by atoms with Crippen molar-refractivity contribution in [2.45, 2.75) is 68.5 Å². The zero-order valence-corrected chi connectivity index (χ0v) is 24.1. The average Bonchev–Trinajstić information content (AvgIpc) is 3.78. The maximum Gasteiger partial charge on any atom is 0.355 e. The van der Waals surface area contributed by atoms with Crippen LogP contribution in [0.3, 0.4) is 0 Å². The molecule has 8 rings (SSSR count). The summed E-state index contributed by atoms with van der Waals surface area (Å²) in [4.78, 5) is 34.3. The normalized spacial score (nSPS) is 42.5. The number of fused-ring (bicyclic) bond motifs is 5. The van der Waals surface area contributed by atoms with Crippen LogP contribution in [-0.4, -0.2) is 49.5 Å². The number of oxime groups is 1. The molecule has 9 atom stereocenters. The SMILES string of the molecule is COC(=O)C1=NO[C@@]2(C1)[C@@H]1OC(c3ccccc3)O[C@@H]1C(=O)[C@@H]1[C@H]2[C@]23C=C[C@@]1(c1ccc(OC)cc1)[C@@]2(C)CCCC3. The summed E-state index contributed by atoms with van der Waals surface area (Å²) in [6.07, 6.45) is 6.58. The number of Topliss-reactive ketones (excluding diaryl/α,β-unsaturated/α-hetero) is 1. The lowest BCUT2D eigenvalue weighted by Gasteiger charge is -2.54. The third kappa shape index (κ3) is 2.92. The Kier molecular flexibility index (Phi) is 5.46. The van der Waals surface area contributed by atoms with Crippen molar-refractivity contribution in [3.63, 3.8) is 0 Å². The number of carbonyl (C=O) groups is 2. The number of benzene rings is 2. The molecular formula is C34H35NO7. The summed E-state index contributed by atoms with van der Waals surface area (Å²) in [6, 6.07) is 17.8. The molecule has 8 nitrogen and oxygen atoms in total. The van der Waals surface area contributed by atoms with E-state index in [0.717, 1.165) is 42.6 Å². The number of hydrogen-bond acceptors (Lipinski definition) is 8. The summed E-state index contributed by atoms with van der Waals surface area (Å²) < 4.78 is 23.8. The van der Waals surface area contributed by atoms with Gasteiger partial charge in [-0.05, 0) is 36.0 Å². The van der Waals surface area contributed by atoms with Gasteiger partial charge in [-0.2, -0.15) is 0 Å². The predicted molar refractivity (Wildman–Crippen MR) is 152 cm³/mol. The fraction of sp³-hybridized carbons (Fsp3) is 0.500. The van der Waals surface area contributed by atoms with Crippen molar-refractivity contribution in [1.29, 1.82) is 0 Å². The van der Waals surface area contributed by atoms with Crippen molar-refractivity contribution in [2.75, 3.05) is 14.2 Å². The van der Waals surface area contributed by atoms with Gasteiger partial charge in [-0.15, -0.1) is 0 Å². The molecule has 8 heteroatoms. The van der Waals surface area contributed by atoms with E-state index in [1.807, 2.05) is 42.5 Å². The molecule has 0 aromatic heterocycles. The number of esters is 1. The van der Waals surface area contributed by atoms with Gasteiger partial charge in [0.1, 0.15) is 18.0 Å². The minimum Gasteiger partial charge on any atom is -0.497 e. The molecule has 0 N–H and O–H groups in total. The van der Waals surface area contributed by atoms with Gasteiger partial charge in [0.2, 0.25) is 0 Å². The number of nitrogens with zero attached hydrogens (tertiary/aromatic N) is 1. The molecule has 0 amide bonds. The summed E-state index contributed by atoms with van der Waals surface area (Å²) >= 11 is 0. The van der Waals surface area contributed by atoms with E-state index in [1.54, 1.807) is 7.11 Å². The molecule has 2 bridgehead atoms. The van der Waals surface area contributed by atoms with Crippen LogP contribution >= 0.6 is 0 Å². The Morgan fingerprint density at radius 1 is 0.976 bits per heavy atom. The van der Waals surface area contributed by atoms with Crippen LogP contribution in [0.2, 0.25) is 0 Å². The highest BCUT2D eigenvalue weighted by Crippen LogP contribution is 2.82. The molecule has 6 aliphatic rings. The van der Waals surface area contributed by atoms with E-state index >= 15 is 4.79 Å². The van der Waals surface area contributed by atoms with Crippen LogP contribution in [0.25, 0.3) is 0 Å². The van der Waals surface area contributed by atoms with Gasteiger partial charge in [-0.25, -0.2) is 4.79 Å². The van der Waals surface area contributed by atoms with Crippen LogP contribution < -0.4 is 4.74 Å². The highest BCUT2D eigenvalue weighted by Gasteiger charge is 2.85. The smallest absolute Gasteiger partial charge is 0.355 e. The summed E-state index contributed by atoms with van der Waals surface area (Å²) in [6.45, 7) is 2.36. The lowest BCUT2D eigenvalue weighted by Crippen LogP contribution is -2.67. The predicted octanol–water partition coefficient (Wildman–Crippen LogP) is 5.07. The van der Waals surface area contributed by atoms with Gasteiger partial charge in [0.05, 0.1) is 14.2 Å². The van der Waals surface area contributed by atoms with Crippen LogP contribution in [-0.2, 0) is 34.1 Å². The van der Waals surface area contributed by atoms with E-state index in [0.29, 0.717) is 0 Å². The second kappa shape index (κ2) is 8.77. The van der Waals surface area contributed by atoms with Crippen molar-refractivity contribution in [2.24, 2.45) is 27.8 Å². The number of carbonyl (C=O) groups excluding carboxylic acids is 2. The van der Waals surface area contributed by atoms with Crippen molar-refractivity contribution < 1.29 is 33.4 Å². The van der Waals surface area contributed by atoms with E-state index in [-0.39, 0.29) is 34.7 Å². The van der Waals surface area contributed by atoms with Crippen LogP contribution in [0.15, 0.2) is 71.9 Å². The second-order valence-electron chi connectivity index (χ2n) is 13.0. The number of ether oxygens (including phenoxy) is 4. The Morgan fingerprint density at radius 3 is 2.48 bits per heavy atom. The Labute approximate surface area is 245 Å². The van der Waals surface area contributed by atoms with Gasteiger partial charge in [0.15, 0.2) is 23.4 Å². The van der Waals surface area contributed by atoms with Gasteiger partial charge in [0.25, 0.3) is 0 Å². The minimum atomic E-state index is -1.08. The molecular weight excluding hydrogens is 534 g/mol. The number of rotatable bonds is 4. The van der Waals surface area contributed by atoms with Crippen molar-refractivity contribution in [3.05, 3.63) is 77.9 Å². The van der Waals surface area contributed by atoms with Gasteiger partial charge in [-0.1, -0.05) is 79.5 Å². The Morgan fingerprint density at radius 2 is 1.74 bits per heavy atom. The first-order valence-corrected chi connectivity index (χ1v) is 14.9. The first kappa shape index (κ1) is 26.2. The Bertz CT molecular complexity index is 1520. The van der Waals surface area contributed by atoms with Crippen LogP contribution in [0, 0.1) is 22.7 Å². The third-order valence-corrected chi connectivity index (χ3v) is 11.7. The highest BCUT2D eigenvalue weighted by atomic mass is 16.8. The van der Waals surface area contributed by atoms with Crippen molar-refractivity contribution in [3.8, 4) is 5.75 Å². The summed E-state index contributed by atoms with van der Waals surface area (Å²) in [5, 5.41) is 4.34. The van der Waals surface area contributed by atoms with Gasteiger partial charge < -0.3 is 23.8 Å². The fourth-order valence-electron chi connectivity index (χ4n) is 10.1. The monoisotopic (exact) mass is 569 g/mol. The first-order chi connectivity index (χ1) is 20.3. The van der Waals surface area contributed by atoms with E-state index in [4.69, 9.17) is 23.8 Å². The molecule has 4 aliphatic carbocycles. The summed E-state index contributed by atoms with van der Waals surface area (Å²) in [5.74, 6) is -0.445. The Balaban J connectivity index is 1.34. The lowest BCUT2D eigenvalue weighted by molar-refractivity contribution is -0.205. The fourth-order valence-corrected chi connectivity index (χ4v) is 10.1. The average molecular weight is 570 g/mol. The topological polar surface area (TPSA) is 92.7 Å². The molecule has 1 spiro atoms. The molecule has 2 aromatic rings. The van der Waals surface area contributed by atoms with E-state index in [2.05, 4.69) is 36.4 Å². The lowest BCUT2D eigenvalue weighted by atomic mass is 9.51. The van der Waals surface area contributed by atoms with Crippen LogP contribution in [0.1, 0.15) is 56.4 Å². The number of ketones is 1. The molecule has 1 saturated heterocycles. The summed E-state index contributed by atoms with van der Waals surface area (Å²) in [5.41, 5.74) is -0.149. The summed E-state index contributed by atoms with van der Waals surface area (Å²) in [7, 11) is 3.01. The largest absolute Gasteiger partial charge is 0.497 e. The van der Waals surface area contributed by atoms with E-state index in [9.17, 15) is 4.79 Å². The quantitative estimate of drug-likeness (QED) is 0.375. The van der Waals surface area contributed by atoms with Gasteiger partial charge in [-0.3, -0.25) is 4.79 Å². The molecule has 2 aliphatic heterocycles. The second-order valence-corrected chi connectivity index (χ2v) is 13.0. The molecule has 218 valence electrons. The molecule has 3 saturated carbocycles. The van der Waals surface area contributed by atoms with Gasteiger partial charge in [0, 0.05) is 34.7 Å². The van der Waals surface area contributed by atoms with E-state index < -0.39 is 41.4 Å². The molecule has 2 aromatic carbocycles. The molecule has 1 unspecified atom stereocenters. The third-order valence-electron chi connectivity index (χ3n) is 11.7. The molecule has 42 heavy (non-hydrogen) atoms. The van der Waals surface area contributed by atoms with E-state index in [1.165, 1.54) is 7.11 Å². The van der Waals surface area contributed by atoms with Crippen molar-refractivity contribution in [1.82, 2.24) is 0 Å². The van der Waals surface area contributed by atoms with Gasteiger partial charge >= 0.3 is 5.97 Å². The van der Waals surface area contributed by atoms with Crippen LogP contribution in [0.4, 0.5) is 0 Å². The maximum absolute atomic E-state index is 15.0. The standard InChI is InChI=1S/C34H35NO7/c1-31-15-7-8-16-32(31)17-18-33(31,21-11-13-22(38-2)14-12-21)24-25(36)26-28(41-30(40-26)20-9-5-4-6-10-20)34(27(24)32)19-23(35-42-34)29(37)39-3/h4-6,9-14,17-18,24,26-28,30H,7-8,15-16,19H2,1-3H3/t24-,26-,27+,28-,30?,31+,32+,33+,34-/m1/s1. The molecule has 4 fully saturated rings. The zero-order chi connectivity index (χ0) is 28.9. The van der Waals surface area contributed by atoms with Crippen molar-refractivity contribution >= 4 is 17.5 Å². The highest BCUT2D eigenvalue weighted by molar-refractivity contribution is 6.37. The number of allylic oxidation sites excluding steroid dienone is 2. The molecule has 0 radical (unpaired) electrons. The first-order valence-electron chi connectivity index (χ1n) is 14.9.